The van der Waals surface area contributed by atoms with E-state index in [1.165, 1.54) is 19.2 Å². The molecule has 0 fully saturated rings. The van der Waals surface area contributed by atoms with Gasteiger partial charge >= 0.3 is 5.97 Å². The minimum atomic E-state index is -0.631. The molecule has 0 saturated heterocycles. The number of anilines is 1. The van der Waals surface area contributed by atoms with E-state index in [0.29, 0.717) is 33.4 Å². The van der Waals surface area contributed by atoms with Crippen molar-refractivity contribution >= 4 is 29.0 Å². The number of benzene rings is 2. The summed E-state index contributed by atoms with van der Waals surface area (Å²) in [5.74, 6) is -0.358. The molecule has 0 aliphatic carbocycles. The molecule has 2 aromatic rings. The minimum Gasteiger partial charge on any atom is -0.495 e. The van der Waals surface area contributed by atoms with Crippen LogP contribution in [-0.2, 0) is 9.53 Å². The van der Waals surface area contributed by atoms with Crippen molar-refractivity contribution in [3.05, 3.63) is 71.2 Å². The first-order chi connectivity index (χ1) is 13.9. The zero-order chi connectivity index (χ0) is 21.1. The molecule has 0 saturated carbocycles. The molecule has 29 heavy (non-hydrogen) atoms. The number of hydrogen-bond acceptors (Lipinski definition) is 4. The summed E-state index contributed by atoms with van der Waals surface area (Å²) in [5, 5.41) is 3.58. The summed E-state index contributed by atoms with van der Waals surface area (Å²) in [7, 11) is 2.91. The van der Waals surface area contributed by atoms with Crippen LogP contribution in [0.2, 0.25) is 0 Å². The number of carbonyl (C=O) groups excluding carboxylic acids is 1. The third-order valence-electron chi connectivity index (χ3n) is 4.74. The summed E-state index contributed by atoms with van der Waals surface area (Å²) >= 11 is 5.68. The Morgan fingerprint density at radius 2 is 1.90 bits per heavy atom. The number of allylic oxidation sites excluding steroid dienone is 1. The van der Waals surface area contributed by atoms with E-state index in [1.54, 1.807) is 24.1 Å². The maximum atomic E-state index is 13.9. The van der Waals surface area contributed by atoms with E-state index in [-0.39, 0.29) is 5.92 Å². The van der Waals surface area contributed by atoms with Crippen molar-refractivity contribution in [3.8, 4) is 5.75 Å². The highest BCUT2D eigenvalue weighted by atomic mass is 32.1. The van der Waals surface area contributed by atoms with E-state index in [9.17, 15) is 9.18 Å². The highest BCUT2D eigenvalue weighted by Crippen LogP contribution is 2.40. The van der Waals surface area contributed by atoms with Crippen molar-refractivity contribution in [1.29, 1.82) is 0 Å². The molecule has 152 valence electrons. The van der Waals surface area contributed by atoms with Crippen LogP contribution in [0.5, 0.6) is 5.75 Å². The summed E-state index contributed by atoms with van der Waals surface area (Å²) in [6.45, 7) is 3.94. The number of nitrogens with zero attached hydrogens (tertiary/aromatic N) is 1. The molecule has 0 unspecified atom stereocenters. The average Bonchev–Trinajstić information content (AvgIpc) is 2.72. The number of hydrogen-bond donors (Lipinski definition) is 1. The summed E-state index contributed by atoms with van der Waals surface area (Å²) in [6.07, 6.45) is 0. The maximum absolute atomic E-state index is 13.9. The highest BCUT2D eigenvalue weighted by molar-refractivity contribution is 7.80. The maximum Gasteiger partial charge on any atom is 0.338 e. The van der Waals surface area contributed by atoms with Crippen LogP contribution < -0.4 is 15.0 Å². The van der Waals surface area contributed by atoms with E-state index in [1.807, 2.05) is 38.1 Å². The number of thiocarbonyl (C=S) groups is 1. The second-order valence-corrected chi connectivity index (χ2v) is 7.28. The number of esters is 1. The van der Waals surface area contributed by atoms with Crippen molar-refractivity contribution in [2.45, 2.75) is 19.9 Å². The molecule has 0 radical (unpaired) electrons. The fraction of sp³-hybridized carbons (Fsp3) is 0.273. The Bertz CT molecular complexity index is 974. The molecule has 1 N–H and O–H groups in total. The predicted octanol–water partition coefficient (Wildman–Crippen LogP) is 4.35. The van der Waals surface area contributed by atoms with Crippen LogP contribution in [0.1, 0.15) is 25.5 Å². The number of carbonyl (C=O) groups is 1. The lowest BCUT2D eigenvalue weighted by molar-refractivity contribution is -0.136. The van der Waals surface area contributed by atoms with Gasteiger partial charge in [-0.3, -0.25) is 4.90 Å². The van der Waals surface area contributed by atoms with Crippen molar-refractivity contribution in [2.24, 2.45) is 5.92 Å². The fourth-order valence-corrected chi connectivity index (χ4v) is 3.84. The molecule has 0 bridgehead atoms. The van der Waals surface area contributed by atoms with Crippen LogP contribution in [0, 0.1) is 11.7 Å². The summed E-state index contributed by atoms with van der Waals surface area (Å²) in [6, 6.07) is 12.9. The molecule has 2 aromatic carbocycles. The Morgan fingerprint density at radius 1 is 1.17 bits per heavy atom. The number of rotatable bonds is 5. The van der Waals surface area contributed by atoms with Crippen LogP contribution in [0.3, 0.4) is 0 Å². The van der Waals surface area contributed by atoms with Gasteiger partial charge in [-0.1, -0.05) is 38.1 Å². The monoisotopic (exact) mass is 414 g/mol. The summed E-state index contributed by atoms with van der Waals surface area (Å²) in [5.41, 5.74) is 2.35. The van der Waals surface area contributed by atoms with Crippen molar-refractivity contribution in [3.63, 3.8) is 0 Å². The van der Waals surface area contributed by atoms with Gasteiger partial charge in [0.15, 0.2) is 5.11 Å². The van der Waals surface area contributed by atoms with Gasteiger partial charge in [-0.15, -0.1) is 0 Å². The zero-order valence-corrected chi connectivity index (χ0v) is 17.5. The number of ether oxygens (including phenoxy) is 2. The van der Waals surface area contributed by atoms with Crippen LogP contribution >= 0.6 is 12.2 Å². The number of para-hydroxylation sites is 2. The van der Waals surface area contributed by atoms with Gasteiger partial charge in [-0.05, 0) is 48.0 Å². The summed E-state index contributed by atoms with van der Waals surface area (Å²) in [4.78, 5) is 14.7. The standard InChI is InChI=1S/C22H23FN2O3S/c1-13(2)20-18(21(26)28-4)19(14-8-7-9-15(23)12-14)24-22(29)25(20)16-10-5-6-11-17(16)27-3/h5-13,19H,1-4H3,(H,24,29)/t19-/m1/s1. The number of nitrogens with one attached hydrogen (secondary N) is 1. The Kier molecular flexibility index (Phi) is 6.17. The molecule has 0 aromatic heterocycles. The summed E-state index contributed by atoms with van der Waals surface area (Å²) < 4.78 is 24.5. The van der Waals surface area contributed by atoms with Gasteiger partial charge in [0.1, 0.15) is 11.6 Å². The van der Waals surface area contributed by atoms with Gasteiger partial charge in [-0.2, -0.15) is 0 Å². The van der Waals surface area contributed by atoms with E-state index in [4.69, 9.17) is 21.7 Å². The van der Waals surface area contributed by atoms with E-state index >= 15 is 0 Å². The SMILES string of the molecule is COC(=O)C1=C(C(C)C)N(c2ccccc2OC)C(=S)N[C@@H]1c1cccc(F)c1. The lowest BCUT2D eigenvalue weighted by Gasteiger charge is -2.40. The Hall–Kier alpha value is -2.93. The average molecular weight is 415 g/mol. The quantitative estimate of drug-likeness (QED) is 0.580. The molecular weight excluding hydrogens is 391 g/mol. The van der Waals surface area contributed by atoms with Gasteiger partial charge < -0.3 is 14.8 Å². The molecule has 1 aliphatic heterocycles. The van der Waals surface area contributed by atoms with Gasteiger partial charge in [0.05, 0.1) is 31.5 Å². The zero-order valence-electron chi connectivity index (χ0n) is 16.7. The topological polar surface area (TPSA) is 50.8 Å². The molecule has 1 heterocycles. The van der Waals surface area contributed by atoms with E-state index < -0.39 is 17.8 Å². The lowest BCUT2D eigenvalue weighted by Crippen LogP contribution is -2.49. The first-order valence-electron chi connectivity index (χ1n) is 9.20. The van der Waals surface area contributed by atoms with Gasteiger partial charge in [0.2, 0.25) is 0 Å². The third-order valence-corrected chi connectivity index (χ3v) is 5.04. The Morgan fingerprint density at radius 3 is 2.52 bits per heavy atom. The molecule has 0 spiro atoms. The smallest absolute Gasteiger partial charge is 0.338 e. The van der Waals surface area contributed by atoms with Crippen LogP contribution in [0.25, 0.3) is 0 Å². The molecule has 1 atom stereocenters. The second-order valence-electron chi connectivity index (χ2n) is 6.89. The number of halogens is 1. The molecule has 0 amide bonds. The predicted molar refractivity (Wildman–Crippen MR) is 114 cm³/mol. The molecule has 7 heteroatoms. The fourth-order valence-electron chi connectivity index (χ4n) is 3.53. The van der Waals surface area contributed by atoms with Crippen molar-refractivity contribution in [2.75, 3.05) is 19.1 Å². The van der Waals surface area contributed by atoms with Crippen LogP contribution in [0.15, 0.2) is 59.8 Å². The Labute approximate surface area is 175 Å². The van der Waals surface area contributed by atoms with Gasteiger partial charge in [-0.25, -0.2) is 9.18 Å². The van der Waals surface area contributed by atoms with Gasteiger partial charge in [0, 0.05) is 5.70 Å². The third kappa shape index (κ3) is 3.96. The van der Waals surface area contributed by atoms with E-state index in [0.717, 1.165) is 0 Å². The van der Waals surface area contributed by atoms with Gasteiger partial charge in [0.25, 0.3) is 0 Å². The van der Waals surface area contributed by atoms with E-state index in [2.05, 4.69) is 5.32 Å². The largest absolute Gasteiger partial charge is 0.495 e. The molecule has 1 aliphatic rings. The first-order valence-corrected chi connectivity index (χ1v) is 9.61. The van der Waals surface area contributed by atoms with Crippen LogP contribution in [0.4, 0.5) is 10.1 Å². The minimum absolute atomic E-state index is 0.0786. The normalized spacial score (nSPS) is 16.7. The molecule has 3 rings (SSSR count). The second kappa shape index (κ2) is 8.61. The molecule has 5 nitrogen and oxygen atoms in total. The Balaban J connectivity index is 2.28. The lowest BCUT2D eigenvalue weighted by atomic mass is 9.90. The first kappa shape index (κ1) is 20.8. The highest BCUT2D eigenvalue weighted by Gasteiger charge is 2.39. The molecular formula is C22H23FN2O3S. The van der Waals surface area contributed by atoms with Crippen molar-refractivity contribution < 1.29 is 18.7 Å². The number of methoxy groups -OCH3 is 2. The van der Waals surface area contributed by atoms with Crippen molar-refractivity contribution in [1.82, 2.24) is 5.32 Å². The van der Waals surface area contributed by atoms with Crippen LogP contribution in [-0.4, -0.2) is 25.3 Å².